The van der Waals surface area contributed by atoms with Crippen LogP contribution in [-0.4, -0.2) is 152 Å². The van der Waals surface area contributed by atoms with E-state index in [0.717, 1.165) is 193 Å². The van der Waals surface area contributed by atoms with Gasteiger partial charge in [0.1, 0.15) is 0 Å². The van der Waals surface area contributed by atoms with Crippen LogP contribution in [0.25, 0.3) is 0 Å². The average Bonchev–Trinajstić information content (AvgIpc) is 1.68. The minimum atomic E-state index is -0.449. The number of halogens is 9. The number of fused-ring (bicyclic) bond motifs is 6. The molecule has 570 valence electrons. The fourth-order valence-corrected chi connectivity index (χ4v) is 22.2. The first kappa shape index (κ1) is 80.4. The van der Waals surface area contributed by atoms with Gasteiger partial charge in [0.25, 0.3) is 0 Å². The molecule has 4 saturated heterocycles. The molecule has 4 fully saturated rings. The standard InChI is InChI=1S/3C27H29Br2ClN4O2/c3*28-20-12-19-2-1-18-13-21(30)14-22(29)24(18)25(26(19)32-15-20)17-5-9-33(10-6-17)23(35)11-16-3-7-34(8-4-16)27(31)36/h11-15,17,25H,1-10H2,(H2,31,36);3,12-15,17,25H,1-2,4-11H2,(H2,31,36);3,7,12-17,25H,1-2,4-6,8-11H2,(H2,31,36)/t2*25-;16?,25-/m111/s1. The quantitative estimate of drug-likeness (QED) is 0.0968. The number of pyridine rings is 3. The molecule has 3 aliphatic carbocycles. The number of aryl methyl sites for hydroxylation is 6. The number of benzene rings is 3. The third kappa shape index (κ3) is 19.0. The summed E-state index contributed by atoms with van der Waals surface area (Å²) in [4.78, 5) is 98.7. The van der Waals surface area contributed by atoms with Crippen LogP contribution in [0.1, 0.15) is 162 Å². The third-order valence-corrected chi connectivity index (χ3v) is 27.3. The van der Waals surface area contributed by atoms with Gasteiger partial charge in [-0.15, -0.1) is 0 Å². The molecule has 4 atom stereocenters. The van der Waals surface area contributed by atoms with Crippen LogP contribution < -0.4 is 17.2 Å². The Morgan fingerprint density at radius 3 is 1.19 bits per heavy atom. The second-order valence-corrected chi connectivity index (χ2v) is 36.5. The van der Waals surface area contributed by atoms with Crippen molar-refractivity contribution in [3.05, 3.63) is 218 Å². The average molecular weight is 1910 g/mol. The van der Waals surface area contributed by atoms with E-state index in [0.29, 0.717) is 82.6 Å². The molecule has 6 aliphatic heterocycles. The van der Waals surface area contributed by atoms with Crippen molar-refractivity contribution in [3.63, 3.8) is 0 Å². The van der Waals surface area contributed by atoms with Gasteiger partial charge in [-0.25, -0.2) is 14.4 Å². The molecule has 27 heteroatoms. The van der Waals surface area contributed by atoms with Crippen LogP contribution in [0.4, 0.5) is 14.4 Å². The van der Waals surface area contributed by atoms with Gasteiger partial charge in [0.2, 0.25) is 17.7 Å². The Kier molecular flexibility index (Phi) is 26.8. The van der Waals surface area contributed by atoms with Crippen molar-refractivity contribution in [2.45, 2.75) is 133 Å². The highest BCUT2D eigenvalue weighted by molar-refractivity contribution is 9.11. The fourth-order valence-electron chi connectivity index (χ4n) is 17.7. The minimum Gasteiger partial charge on any atom is -0.351 e. The zero-order chi connectivity index (χ0) is 76.2. The predicted molar refractivity (Wildman–Crippen MR) is 444 cm³/mol. The van der Waals surface area contributed by atoms with Crippen LogP contribution >= 0.6 is 130 Å². The van der Waals surface area contributed by atoms with Gasteiger partial charge < -0.3 is 46.6 Å². The molecule has 3 aromatic carbocycles. The Hall–Kier alpha value is -5.70. The van der Waals surface area contributed by atoms with Crippen LogP contribution in [0.5, 0.6) is 0 Å². The molecule has 9 amide bonds. The molecule has 0 radical (unpaired) electrons. The van der Waals surface area contributed by atoms with E-state index in [1.165, 1.54) is 55.0 Å². The van der Waals surface area contributed by atoms with Gasteiger partial charge in [0.15, 0.2) is 0 Å². The number of hydrogen-bond donors (Lipinski definition) is 3. The molecular formula is C81H87Br6Cl3N12O6. The van der Waals surface area contributed by atoms with Gasteiger partial charge in [0, 0.05) is 175 Å². The minimum absolute atomic E-state index is 0.0765. The molecule has 108 heavy (non-hydrogen) atoms. The van der Waals surface area contributed by atoms with Gasteiger partial charge in [-0.3, -0.25) is 29.3 Å². The summed E-state index contributed by atoms with van der Waals surface area (Å²) >= 11 is 41.6. The number of piperidine rings is 4. The number of primary amides is 3. The molecule has 0 bridgehead atoms. The molecule has 9 heterocycles. The maximum Gasteiger partial charge on any atom is 0.318 e. The molecule has 18 nitrogen and oxygen atoms in total. The van der Waals surface area contributed by atoms with Crippen LogP contribution in [0.15, 0.2) is 136 Å². The van der Waals surface area contributed by atoms with Crippen molar-refractivity contribution in [1.82, 2.24) is 44.4 Å². The number of likely N-dealkylation sites (tertiary alicyclic amines) is 4. The Balaban J connectivity index is 0.000000143. The number of carbonyl (C=O) groups is 6. The van der Waals surface area contributed by atoms with Crippen molar-refractivity contribution in [2.24, 2.45) is 40.9 Å². The molecule has 9 aliphatic rings. The summed E-state index contributed by atoms with van der Waals surface area (Å²) < 4.78 is 6.12. The van der Waals surface area contributed by atoms with E-state index in [-0.39, 0.29) is 47.4 Å². The number of allylic oxidation sites excluding steroid dienone is 1. The van der Waals surface area contributed by atoms with E-state index in [1.807, 2.05) is 63.6 Å². The van der Waals surface area contributed by atoms with Gasteiger partial charge >= 0.3 is 18.1 Å². The number of rotatable bonds is 8. The Morgan fingerprint density at radius 2 is 0.815 bits per heavy atom. The van der Waals surface area contributed by atoms with Gasteiger partial charge in [-0.1, -0.05) is 106 Å². The number of carbonyl (C=O) groups excluding carboxylic acids is 6. The molecule has 3 aromatic heterocycles. The molecule has 0 saturated carbocycles. The Morgan fingerprint density at radius 1 is 0.426 bits per heavy atom. The first-order valence-electron chi connectivity index (χ1n) is 37.3. The van der Waals surface area contributed by atoms with Crippen LogP contribution in [0, 0.1) is 23.7 Å². The number of nitrogens with two attached hydrogens (primary N) is 3. The smallest absolute Gasteiger partial charge is 0.318 e. The van der Waals surface area contributed by atoms with Crippen LogP contribution in [0.2, 0.25) is 15.1 Å². The largest absolute Gasteiger partial charge is 0.351 e. The van der Waals surface area contributed by atoms with Crippen molar-refractivity contribution in [2.75, 3.05) is 72.0 Å². The normalized spacial score (nSPS) is 20.9. The monoisotopic (exact) mass is 1900 g/mol. The SMILES string of the molecule is NC(=O)N1C=CC(CC(=O)N2CCC([C@H]3c4ncc(Br)cc4CCc4cc(Cl)cc(Br)c43)CC2)CC1.NC(=O)N1CC=C(CC(=O)N2CCC([C@H]3c4ncc(Br)cc4CCc4cc(Cl)cc(Br)c43)CC2)CC1.NC(=O)N1CCC(=CC(=O)N2CCC([C@H]3c4ncc(Br)cc4CCc4cc(Cl)cc(Br)c43)CC2)CC1. The highest BCUT2D eigenvalue weighted by Crippen LogP contribution is 2.50. The molecule has 1 unspecified atom stereocenters. The van der Waals surface area contributed by atoms with E-state index in [2.05, 4.69) is 132 Å². The summed E-state index contributed by atoms with van der Waals surface area (Å²) in [5.41, 5.74) is 33.3. The lowest BCUT2D eigenvalue weighted by Crippen LogP contribution is -2.41. The lowest BCUT2D eigenvalue weighted by molar-refractivity contribution is -0.133. The summed E-state index contributed by atoms with van der Waals surface area (Å²) in [5.74, 6) is 2.21. The highest BCUT2D eigenvalue weighted by Gasteiger charge is 2.41. The maximum absolute atomic E-state index is 13.1. The van der Waals surface area contributed by atoms with Crippen molar-refractivity contribution in [3.8, 4) is 0 Å². The first-order valence-corrected chi connectivity index (χ1v) is 43.2. The second-order valence-electron chi connectivity index (χ2n) is 29.8. The molecular weight excluding hydrogens is 1820 g/mol. The Bertz CT molecular complexity index is 4550. The molecule has 0 spiro atoms. The number of nitrogens with zero attached hydrogens (tertiary/aromatic N) is 9. The van der Waals surface area contributed by atoms with Crippen molar-refractivity contribution in [1.29, 1.82) is 0 Å². The van der Waals surface area contributed by atoms with E-state index in [1.54, 1.807) is 22.1 Å². The maximum atomic E-state index is 13.1. The summed E-state index contributed by atoms with van der Waals surface area (Å²) in [5, 5.41) is 2.24. The summed E-state index contributed by atoms with van der Waals surface area (Å²) in [7, 11) is 0. The van der Waals surface area contributed by atoms with Crippen molar-refractivity contribution >= 4 is 166 Å². The third-order valence-electron chi connectivity index (χ3n) is 23.3. The summed E-state index contributed by atoms with van der Waals surface area (Å²) in [6.45, 7) is 7.23. The number of amides is 9. The van der Waals surface area contributed by atoms with E-state index in [4.69, 9.17) is 67.0 Å². The summed E-state index contributed by atoms with van der Waals surface area (Å²) in [6, 6.07) is 17.6. The highest BCUT2D eigenvalue weighted by atomic mass is 79.9. The van der Waals surface area contributed by atoms with Crippen LogP contribution in [0.3, 0.4) is 0 Å². The van der Waals surface area contributed by atoms with E-state index < -0.39 is 12.1 Å². The number of urea groups is 3. The fraction of sp³-hybridized carbons (Fsp3) is 0.444. The molecule has 6 aromatic rings. The number of hydrogen-bond acceptors (Lipinski definition) is 9. The predicted octanol–water partition coefficient (Wildman–Crippen LogP) is 17.7. The van der Waals surface area contributed by atoms with Gasteiger partial charge in [-0.05, 0) is 279 Å². The van der Waals surface area contributed by atoms with E-state index in [9.17, 15) is 28.8 Å². The Labute approximate surface area is 696 Å². The zero-order valence-corrected chi connectivity index (χ0v) is 71.7. The lowest BCUT2D eigenvalue weighted by Gasteiger charge is -2.37. The molecule has 15 rings (SSSR count). The van der Waals surface area contributed by atoms with E-state index >= 15 is 0 Å². The van der Waals surface area contributed by atoms with Gasteiger partial charge in [-0.2, -0.15) is 0 Å². The zero-order valence-electron chi connectivity index (χ0n) is 59.9. The second kappa shape index (κ2) is 36.0. The van der Waals surface area contributed by atoms with Crippen LogP contribution in [-0.2, 0) is 52.9 Å². The first-order chi connectivity index (χ1) is 51.9. The topological polar surface area (TPSA) is 239 Å². The number of aromatic nitrogens is 3. The summed E-state index contributed by atoms with van der Waals surface area (Å²) in [6.07, 6.45) is 28.0. The van der Waals surface area contributed by atoms with Gasteiger partial charge in [0.05, 0.1) is 17.1 Å². The molecule has 6 N–H and O–H groups in total. The lowest BCUT2D eigenvalue weighted by atomic mass is 9.76. The van der Waals surface area contributed by atoms with Crippen molar-refractivity contribution < 1.29 is 28.8 Å².